The van der Waals surface area contributed by atoms with Crippen LogP contribution in [0.15, 0.2) is 41.0 Å². The van der Waals surface area contributed by atoms with E-state index in [-0.39, 0.29) is 11.4 Å². The molecule has 4 nitrogen and oxygen atoms in total. The molecule has 1 aromatic carbocycles. The summed E-state index contributed by atoms with van der Waals surface area (Å²) in [6, 6.07) is 6.88. The first-order valence-corrected chi connectivity index (χ1v) is 5.68. The molecule has 0 aliphatic heterocycles. The molecule has 2 aromatic rings. The number of carboxylic acid groups (broad SMARTS) is 1. The van der Waals surface area contributed by atoms with Crippen LogP contribution in [-0.2, 0) is 0 Å². The second-order valence-corrected chi connectivity index (χ2v) is 4.19. The maximum atomic E-state index is 12.9. The first-order chi connectivity index (χ1) is 8.58. The summed E-state index contributed by atoms with van der Waals surface area (Å²) in [5.74, 6) is -1.20. The highest BCUT2D eigenvalue weighted by Gasteiger charge is 2.14. The average molecular weight is 312 g/mol. The summed E-state index contributed by atoms with van der Waals surface area (Å²) in [6.07, 6.45) is 1.36. The minimum atomic E-state index is -1.19. The summed E-state index contributed by atoms with van der Waals surface area (Å²) in [4.78, 5) is 14.6. The van der Waals surface area contributed by atoms with Gasteiger partial charge in [0, 0.05) is 6.20 Å². The predicted molar refractivity (Wildman–Crippen MR) is 65.4 cm³/mol. The fourth-order valence-electron chi connectivity index (χ4n) is 1.31. The summed E-state index contributed by atoms with van der Waals surface area (Å²) >= 11 is 3.13. The van der Waals surface area contributed by atoms with E-state index in [1.54, 1.807) is 6.07 Å². The second kappa shape index (κ2) is 5.14. The Morgan fingerprint density at radius 3 is 2.78 bits per heavy atom. The lowest BCUT2D eigenvalue weighted by Gasteiger charge is -2.09. The number of hydrogen-bond acceptors (Lipinski definition) is 3. The zero-order chi connectivity index (χ0) is 13.1. The van der Waals surface area contributed by atoms with Gasteiger partial charge in [-0.05, 0) is 46.3 Å². The van der Waals surface area contributed by atoms with Crippen molar-refractivity contribution in [1.82, 2.24) is 4.98 Å². The van der Waals surface area contributed by atoms with E-state index in [1.807, 2.05) is 0 Å². The van der Waals surface area contributed by atoms with Gasteiger partial charge in [-0.3, -0.25) is 0 Å². The van der Waals surface area contributed by atoms with E-state index in [0.29, 0.717) is 10.2 Å². The lowest BCUT2D eigenvalue weighted by Crippen LogP contribution is -2.02. The molecule has 0 aliphatic rings. The number of aromatic nitrogens is 1. The standard InChI is InChI=1S/C12H7BrFNO3/c13-8-6-7(14)3-4-9(8)18-10-2-1-5-15-11(10)12(16)17/h1-6H,(H,16,17). The molecule has 6 heteroatoms. The molecule has 0 bridgehead atoms. The third-order valence-electron chi connectivity index (χ3n) is 2.09. The maximum absolute atomic E-state index is 12.9. The largest absolute Gasteiger partial charge is 0.476 e. The van der Waals surface area contributed by atoms with Gasteiger partial charge >= 0.3 is 5.97 Å². The van der Waals surface area contributed by atoms with Crippen LogP contribution in [0.2, 0.25) is 0 Å². The Morgan fingerprint density at radius 2 is 2.11 bits per heavy atom. The third kappa shape index (κ3) is 2.65. The van der Waals surface area contributed by atoms with E-state index in [1.165, 1.54) is 30.5 Å². The van der Waals surface area contributed by atoms with Gasteiger partial charge in [-0.15, -0.1) is 0 Å². The average Bonchev–Trinajstić information content (AvgIpc) is 2.33. The molecular weight excluding hydrogens is 305 g/mol. The number of hydrogen-bond donors (Lipinski definition) is 1. The van der Waals surface area contributed by atoms with E-state index >= 15 is 0 Å². The molecule has 1 N–H and O–H groups in total. The van der Waals surface area contributed by atoms with Crippen LogP contribution in [0.5, 0.6) is 11.5 Å². The molecule has 0 unspecified atom stereocenters. The number of carboxylic acids is 1. The highest BCUT2D eigenvalue weighted by molar-refractivity contribution is 9.10. The molecule has 0 atom stereocenters. The van der Waals surface area contributed by atoms with E-state index in [0.717, 1.165) is 0 Å². The monoisotopic (exact) mass is 311 g/mol. The van der Waals surface area contributed by atoms with Gasteiger partial charge in [0.05, 0.1) is 4.47 Å². The summed E-state index contributed by atoms with van der Waals surface area (Å²) in [5.41, 5.74) is -0.200. The van der Waals surface area contributed by atoms with Gasteiger partial charge < -0.3 is 9.84 Å². The van der Waals surface area contributed by atoms with Crippen molar-refractivity contribution < 1.29 is 19.0 Å². The van der Waals surface area contributed by atoms with Gasteiger partial charge in [-0.25, -0.2) is 14.2 Å². The van der Waals surface area contributed by atoms with Gasteiger partial charge in [0.2, 0.25) is 0 Å². The zero-order valence-electron chi connectivity index (χ0n) is 8.93. The van der Waals surface area contributed by atoms with Crippen molar-refractivity contribution in [2.75, 3.05) is 0 Å². The van der Waals surface area contributed by atoms with Gasteiger partial charge in [0.25, 0.3) is 0 Å². The SMILES string of the molecule is O=C(O)c1ncccc1Oc1ccc(F)cc1Br. The first-order valence-electron chi connectivity index (χ1n) is 4.89. The molecule has 0 saturated heterocycles. The molecule has 1 heterocycles. The maximum Gasteiger partial charge on any atom is 0.358 e. The number of nitrogens with zero attached hydrogens (tertiary/aromatic N) is 1. The van der Waals surface area contributed by atoms with Crippen LogP contribution in [0, 0.1) is 5.82 Å². The number of rotatable bonds is 3. The second-order valence-electron chi connectivity index (χ2n) is 3.33. The van der Waals surface area contributed by atoms with E-state index in [9.17, 15) is 9.18 Å². The van der Waals surface area contributed by atoms with Crippen LogP contribution < -0.4 is 4.74 Å². The Labute approximate surface area is 110 Å². The fourth-order valence-corrected chi connectivity index (χ4v) is 1.74. The van der Waals surface area contributed by atoms with Crippen molar-refractivity contribution in [3.05, 3.63) is 52.5 Å². The lowest BCUT2D eigenvalue weighted by atomic mass is 10.3. The van der Waals surface area contributed by atoms with Crippen molar-refractivity contribution in [2.24, 2.45) is 0 Å². The van der Waals surface area contributed by atoms with Gasteiger partial charge in [0.1, 0.15) is 11.6 Å². The molecule has 1 aromatic heterocycles. The highest BCUT2D eigenvalue weighted by Crippen LogP contribution is 2.31. The molecule has 0 aliphatic carbocycles. The predicted octanol–water partition coefficient (Wildman–Crippen LogP) is 3.47. The van der Waals surface area contributed by atoms with Gasteiger partial charge in [-0.1, -0.05) is 0 Å². The van der Waals surface area contributed by atoms with Crippen molar-refractivity contribution in [3.8, 4) is 11.5 Å². The van der Waals surface area contributed by atoms with Crippen LogP contribution in [-0.4, -0.2) is 16.1 Å². The summed E-state index contributed by atoms with van der Waals surface area (Å²) in [5, 5.41) is 8.94. The number of ether oxygens (including phenoxy) is 1. The Balaban J connectivity index is 2.37. The smallest absolute Gasteiger partial charge is 0.358 e. The zero-order valence-corrected chi connectivity index (χ0v) is 10.5. The molecule has 0 amide bonds. The fraction of sp³-hybridized carbons (Fsp3) is 0. The molecule has 0 spiro atoms. The summed E-state index contributed by atoms with van der Waals surface area (Å²) in [7, 11) is 0. The molecule has 0 fully saturated rings. The molecule has 0 saturated carbocycles. The van der Waals surface area contributed by atoms with Gasteiger partial charge in [0.15, 0.2) is 11.4 Å². The van der Waals surface area contributed by atoms with Crippen molar-refractivity contribution in [2.45, 2.75) is 0 Å². The molecule has 92 valence electrons. The Kier molecular flexibility index (Phi) is 3.57. The minimum Gasteiger partial charge on any atom is -0.476 e. The quantitative estimate of drug-likeness (QED) is 0.943. The Morgan fingerprint density at radius 1 is 1.33 bits per heavy atom. The van der Waals surface area contributed by atoms with E-state index in [2.05, 4.69) is 20.9 Å². The van der Waals surface area contributed by atoms with E-state index in [4.69, 9.17) is 9.84 Å². The van der Waals surface area contributed by atoms with E-state index < -0.39 is 11.8 Å². The number of halogens is 2. The number of carbonyl (C=O) groups is 1. The minimum absolute atomic E-state index is 0.0947. The van der Waals surface area contributed by atoms with Gasteiger partial charge in [-0.2, -0.15) is 0 Å². The molecule has 18 heavy (non-hydrogen) atoms. The van der Waals surface area contributed by atoms with Crippen LogP contribution >= 0.6 is 15.9 Å². The molecule has 2 rings (SSSR count). The number of aromatic carboxylic acids is 1. The van der Waals surface area contributed by atoms with Crippen LogP contribution in [0.1, 0.15) is 10.5 Å². The number of benzene rings is 1. The number of pyridine rings is 1. The Bertz CT molecular complexity index is 604. The summed E-state index contributed by atoms with van der Waals surface area (Å²) < 4.78 is 18.7. The lowest BCUT2D eigenvalue weighted by molar-refractivity contribution is 0.0687. The van der Waals surface area contributed by atoms with Crippen LogP contribution in [0.25, 0.3) is 0 Å². The van der Waals surface area contributed by atoms with Crippen molar-refractivity contribution in [1.29, 1.82) is 0 Å². The topological polar surface area (TPSA) is 59.4 Å². The summed E-state index contributed by atoms with van der Waals surface area (Å²) in [6.45, 7) is 0. The normalized spacial score (nSPS) is 10.1. The van der Waals surface area contributed by atoms with Crippen LogP contribution in [0.3, 0.4) is 0 Å². The molecule has 0 radical (unpaired) electrons. The first kappa shape index (κ1) is 12.5. The molecular formula is C12H7BrFNO3. The van der Waals surface area contributed by atoms with Crippen LogP contribution in [0.4, 0.5) is 4.39 Å². The highest BCUT2D eigenvalue weighted by atomic mass is 79.9. The van der Waals surface area contributed by atoms with Crippen molar-refractivity contribution >= 4 is 21.9 Å². The third-order valence-corrected chi connectivity index (χ3v) is 2.71. The van der Waals surface area contributed by atoms with Crippen molar-refractivity contribution in [3.63, 3.8) is 0 Å². The Hall–Kier alpha value is -1.95.